The van der Waals surface area contributed by atoms with E-state index in [0.717, 1.165) is 54.8 Å². The van der Waals surface area contributed by atoms with Gasteiger partial charge in [0.05, 0.1) is 12.7 Å². The Morgan fingerprint density at radius 3 is 2.81 bits per heavy atom. The van der Waals surface area contributed by atoms with Crippen LogP contribution >= 0.6 is 0 Å². The van der Waals surface area contributed by atoms with Gasteiger partial charge in [-0.25, -0.2) is 9.97 Å². The molecule has 0 unspecified atom stereocenters. The molecule has 5 rings (SSSR count). The van der Waals surface area contributed by atoms with Crippen LogP contribution in [0.2, 0.25) is 0 Å². The zero-order chi connectivity index (χ0) is 21.9. The molecule has 1 aliphatic heterocycles. The van der Waals surface area contributed by atoms with Crippen LogP contribution in [0.5, 0.6) is 0 Å². The SMILES string of the molecule is Cc1c(CN2CCC(Nc3ccncn3)CC2)ccc2c1cc(C#N)n2Cc1cn[nH]c1. The lowest BCUT2D eigenvalue weighted by Crippen LogP contribution is -2.38. The molecule has 8 heteroatoms. The third-order valence-corrected chi connectivity index (χ3v) is 6.39. The molecule has 1 fully saturated rings. The number of aryl methyl sites for hydroxylation is 1. The van der Waals surface area contributed by atoms with Gasteiger partial charge in [0.2, 0.25) is 0 Å². The molecule has 1 aromatic carbocycles. The quantitative estimate of drug-likeness (QED) is 0.490. The molecule has 0 radical (unpaired) electrons. The summed E-state index contributed by atoms with van der Waals surface area (Å²) < 4.78 is 2.07. The van der Waals surface area contributed by atoms with Gasteiger partial charge in [-0.1, -0.05) is 6.07 Å². The lowest BCUT2D eigenvalue weighted by Gasteiger charge is -2.33. The van der Waals surface area contributed by atoms with E-state index in [2.05, 4.69) is 60.1 Å². The van der Waals surface area contributed by atoms with E-state index in [1.807, 2.05) is 18.3 Å². The van der Waals surface area contributed by atoms with Crippen LogP contribution in [0.25, 0.3) is 10.9 Å². The third-order valence-electron chi connectivity index (χ3n) is 6.39. The number of nitrogens with one attached hydrogen (secondary N) is 2. The van der Waals surface area contributed by atoms with Crippen molar-refractivity contribution in [2.75, 3.05) is 18.4 Å². The van der Waals surface area contributed by atoms with Crippen molar-refractivity contribution in [1.82, 2.24) is 29.6 Å². The van der Waals surface area contributed by atoms with Crippen molar-refractivity contribution in [1.29, 1.82) is 5.26 Å². The van der Waals surface area contributed by atoms with Crippen LogP contribution in [0, 0.1) is 18.3 Å². The molecule has 0 bridgehead atoms. The molecule has 32 heavy (non-hydrogen) atoms. The summed E-state index contributed by atoms with van der Waals surface area (Å²) in [6.45, 7) is 5.83. The van der Waals surface area contributed by atoms with Gasteiger partial charge in [0, 0.05) is 54.5 Å². The van der Waals surface area contributed by atoms with E-state index in [-0.39, 0.29) is 0 Å². The number of fused-ring (bicyclic) bond motifs is 1. The van der Waals surface area contributed by atoms with Crippen LogP contribution in [-0.4, -0.2) is 48.8 Å². The molecule has 1 aliphatic rings. The van der Waals surface area contributed by atoms with E-state index in [4.69, 9.17) is 0 Å². The summed E-state index contributed by atoms with van der Waals surface area (Å²) in [5.74, 6) is 0.896. The Kier molecular flexibility index (Phi) is 5.57. The number of piperidine rings is 1. The molecule has 0 saturated carbocycles. The van der Waals surface area contributed by atoms with Crippen molar-refractivity contribution in [3.05, 3.63) is 71.6 Å². The van der Waals surface area contributed by atoms with Crippen LogP contribution in [0.4, 0.5) is 5.82 Å². The summed E-state index contributed by atoms with van der Waals surface area (Å²) >= 11 is 0. The van der Waals surface area contributed by atoms with E-state index in [1.54, 1.807) is 18.7 Å². The predicted octanol–water partition coefficient (Wildman–Crippen LogP) is 3.46. The summed E-state index contributed by atoms with van der Waals surface area (Å²) in [5, 5.41) is 21.2. The second-order valence-electron chi connectivity index (χ2n) is 8.41. The molecule has 0 amide bonds. The molecule has 4 aromatic rings. The Morgan fingerprint density at radius 2 is 2.09 bits per heavy atom. The van der Waals surface area contributed by atoms with Crippen LogP contribution in [-0.2, 0) is 13.1 Å². The van der Waals surface area contributed by atoms with Gasteiger partial charge in [0.15, 0.2) is 0 Å². The molecule has 0 spiro atoms. The van der Waals surface area contributed by atoms with Crippen LogP contribution in [0.1, 0.15) is 35.2 Å². The van der Waals surface area contributed by atoms with Crippen LogP contribution in [0.3, 0.4) is 0 Å². The third kappa shape index (κ3) is 4.07. The maximum absolute atomic E-state index is 9.68. The molecule has 0 atom stereocenters. The number of aromatic nitrogens is 5. The number of benzene rings is 1. The molecule has 1 saturated heterocycles. The van der Waals surface area contributed by atoms with Crippen molar-refractivity contribution in [2.45, 2.75) is 38.9 Å². The minimum Gasteiger partial charge on any atom is -0.367 e. The van der Waals surface area contributed by atoms with Gasteiger partial charge in [0.25, 0.3) is 0 Å². The van der Waals surface area contributed by atoms with Crippen LogP contribution in [0.15, 0.2) is 49.2 Å². The average molecular weight is 427 g/mol. The highest BCUT2D eigenvalue weighted by molar-refractivity contribution is 5.86. The summed E-state index contributed by atoms with van der Waals surface area (Å²) in [6, 6.07) is 11.1. The first-order valence-electron chi connectivity index (χ1n) is 11.0. The zero-order valence-corrected chi connectivity index (χ0v) is 18.1. The number of aromatic amines is 1. The Bertz CT molecular complexity index is 1230. The second-order valence-corrected chi connectivity index (χ2v) is 8.41. The molecule has 8 nitrogen and oxygen atoms in total. The Hall–Kier alpha value is -3.70. The molecule has 4 heterocycles. The number of H-pyrrole nitrogens is 1. The number of rotatable bonds is 6. The Morgan fingerprint density at radius 1 is 1.22 bits per heavy atom. The monoisotopic (exact) mass is 426 g/mol. The number of nitriles is 1. The standard InChI is InChI=1S/C24H26N8/c1-17-19(15-31-8-5-20(6-9-31)30-24-4-7-26-16-27-24)2-3-23-22(17)10-21(11-25)32(23)14-18-12-28-29-13-18/h2-4,7,10,12-13,16,20H,5-6,8-9,14-15H2,1H3,(H,28,29)(H,26,27,30). The normalized spacial score (nSPS) is 15.1. The number of nitrogens with zero attached hydrogens (tertiary/aromatic N) is 6. The first-order valence-corrected chi connectivity index (χ1v) is 11.0. The number of anilines is 1. The lowest BCUT2D eigenvalue weighted by atomic mass is 10.0. The fourth-order valence-electron chi connectivity index (χ4n) is 4.56. The minimum absolute atomic E-state index is 0.444. The van der Waals surface area contributed by atoms with Crippen molar-refractivity contribution in [3.63, 3.8) is 0 Å². The van der Waals surface area contributed by atoms with Gasteiger partial charge in [-0.15, -0.1) is 0 Å². The first kappa shape index (κ1) is 20.2. The summed E-state index contributed by atoms with van der Waals surface area (Å²) in [7, 11) is 0. The van der Waals surface area contributed by atoms with Crippen molar-refractivity contribution >= 4 is 16.7 Å². The Labute approximate surface area is 186 Å². The highest BCUT2D eigenvalue weighted by Crippen LogP contribution is 2.28. The fourth-order valence-corrected chi connectivity index (χ4v) is 4.56. The first-order chi connectivity index (χ1) is 15.7. The van der Waals surface area contributed by atoms with Gasteiger partial charge in [-0.3, -0.25) is 10.00 Å². The van der Waals surface area contributed by atoms with E-state index in [9.17, 15) is 5.26 Å². The predicted molar refractivity (Wildman–Crippen MR) is 123 cm³/mol. The maximum Gasteiger partial charge on any atom is 0.129 e. The molecule has 2 N–H and O–H groups in total. The smallest absolute Gasteiger partial charge is 0.129 e. The Balaban J connectivity index is 1.29. The highest BCUT2D eigenvalue weighted by Gasteiger charge is 2.21. The summed E-state index contributed by atoms with van der Waals surface area (Å²) in [4.78, 5) is 10.8. The molecule has 0 aliphatic carbocycles. The lowest BCUT2D eigenvalue weighted by molar-refractivity contribution is 0.211. The van der Waals surface area contributed by atoms with Crippen LogP contribution < -0.4 is 5.32 Å². The van der Waals surface area contributed by atoms with Crippen molar-refractivity contribution < 1.29 is 0 Å². The minimum atomic E-state index is 0.444. The molecular weight excluding hydrogens is 400 g/mol. The number of hydrogen-bond acceptors (Lipinski definition) is 6. The van der Waals surface area contributed by atoms with E-state index in [1.165, 1.54) is 11.1 Å². The van der Waals surface area contributed by atoms with Gasteiger partial charge < -0.3 is 9.88 Å². The average Bonchev–Trinajstić information content (AvgIpc) is 3.46. The molecular formula is C24H26N8. The van der Waals surface area contributed by atoms with Gasteiger partial charge in [-0.2, -0.15) is 10.4 Å². The van der Waals surface area contributed by atoms with E-state index >= 15 is 0 Å². The van der Waals surface area contributed by atoms with Gasteiger partial charge in [-0.05, 0) is 49.1 Å². The molecule has 3 aromatic heterocycles. The topological polar surface area (TPSA) is 98.5 Å². The summed E-state index contributed by atoms with van der Waals surface area (Å²) in [6.07, 6.45) is 9.20. The van der Waals surface area contributed by atoms with E-state index < -0.39 is 0 Å². The van der Waals surface area contributed by atoms with Crippen molar-refractivity contribution in [3.8, 4) is 6.07 Å². The highest BCUT2D eigenvalue weighted by atomic mass is 15.1. The van der Waals surface area contributed by atoms with Gasteiger partial charge in [0.1, 0.15) is 23.9 Å². The zero-order valence-electron chi connectivity index (χ0n) is 18.1. The molecule has 162 valence electrons. The largest absolute Gasteiger partial charge is 0.367 e. The van der Waals surface area contributed by atoms with Crippen molar-refractivity contribution in [2.24, 2.45) is 0 Å². The number of hydrogen-bond donors (Lipinski definition) is 2. The van der Waals surface area contributed by atoms with E-state index in [0.29, 0.717) is 18.3 Å². The number of likely N-dealkylation sites (tertiary alicyclic amines) is 1. The second kappa shape index (κ2) is 8.81. The fraction of sp³-hybridized carbons (Fsp3) is 0.333. The maximum atomic E-state index is 9.68. The van der Waals surface area contributed by atoms with Gasteiger partial charge >= 0.3 is 0 Å². The summed E-state index contributed by atoms with van der Waals surface area (Å²) in [5.41, 5.74) is 5.41.